The lowest BCUT2D eigenvalue weighted by Gasteiger charge is -2.47. The Kier molecular flexibility index (Phi) is 53.0. The Morgan fingerprint density at radius 1 is 0.485 bits per heavy atom. The monoisotopic (exact) mass is 1450 g/mol. The smallest absolute Gasteiger partial charge is 0.462 e. The van der Waals surface area contributed by atoms with Crippen molar-refractivity contribution >= 4 is 45.0 Å². The Labute approximate surface area is 594 Å². The summed E-state index contributed by atoms with van der Waals surface area (Å²) >= 11 is 0. The third kappa shape index (κ3) is 45.4. The molecule has 0 spiro atoms. The average molecular weight is 1460 g/mol. The minimum Gasteiger partial charge on any atom is -0.462 e. The molecule has 13 atom stereocenters. The van der Waals surface area contributed by atoms with Crippen LogP contribution >= 0.6 is 15.6 Å². The van der Waals surface area contributed by atoms with E-state index in [9.17, 15) is 62.9 Å². The van der Waals surface area contributed by atoms with E-state index < -0.39 is 133 Å². The van der Waals surface area contributed by atoms with Gasteiger partial charge in [0.25, 0.3) is 0 Å². The summed E-state index contributed by atoms with van der Waals surface area (Å²) in [6.07, 6.45) is 21.5. The van der Waals surface area contributed by atoms with Crippen LogP contribution in [0.1, 0.15) is 311 Å². The van der Waals surface area contributed by atoms with Crippen LogP contribution in [0.2, 0.25) is 0 Å². The summed E-state index contributed by atoms with van der Waals surface area (Å²) in [6, 6.07) is -3.26. The number of methoxy groups -OCH3 is 1. The molecular formula is C73H136N2O22P2. The molecule has 99 heavy (non-hydrogen) atoms. The van der Waals surface area contributed by atoms with E-state index in [0.29, 0.717) is 44.4 Å². The molecule has 0 saturated carbocycles. The second-order valence-electron chi connectivity index (χ2n) is 27.7. The van der Waals surface area contributed by atoms with Crippen LogP contribution in [0.15, 0.2) is 12.2 Å². The summed E-state index contributed by atoms with van der Waals surface area (Å²) in [5, 5.41) is 28.7. The highest BCUT2D eigenvalue weighted by atomic mass is 31.2. The Morgan fingerprint density at radius 3 is 1.44 bits per heavy atom. The van der Waals surface area contributed by atoms with Gasteiger partial charge in [-0.1, -0.05) is 227 Å². The van der Waals surface area contributed by atoms with Crippen molar-refractivity contribution in [3.63, 3.8) is 0 Å². The van der Waals surface area contributed by atoms with E-state index in [-0.39, 0.29) is 56.9 Å². The second-order valence-corrected chi connectivity index (χ2v) is 30.0. The number of aliphatic hydroxyl groups excluding tert-OH is 2. The maximum Gasteiger partial charge on any atom is 0.472 e. The number of phosphoric ester groups is 2. The standard InChI is InChI=1S/C73H136N2O22P2/c1-8-13-18-22-24-26-28-32-37-44-58(77)52-63(79)74-66-70(90-50-48-57(76)43-36-30-20-15-10-3)68(82)61(94-73(66)97-99(86,87)88)55-92-72-67(75-64(80)53-59(78)45-38-33-29-27-25-23-19-14-9-2)71(69(96-98(83,84)85)62(95-72)54-89-7)91-51-49-60(46-39-31-21-16-11-4)93-65(81)47-40-34-35-42-56(6)41-17-12-5/h35,42,56-57,60-62,66-73,76,82H,8-34,36-41,43-55H2,1-7H3,(H,74,79)(H,75,80)(H2,83,84,85)(H2,86,87,88)/t56?,57-,60?,61?,62-,66-,67-,68-,69-,70-,71?,72-,73-/m1/s1. The highest BCUT2D eigenvalue weighted by Gasteiger charge is 2.53. The Morgan fingerprint density at radius 2 is 0.939 bits per heavy atom. The van der Waals surface area contributed by atoms with Gasteiger partial charge in [0.15, 0.2) is 12.6 Å². The number of ketones is 2. The van der Waals surface area contributed by atoms with E-state index in [1.807, 2.05) is 0 Å². The molecule has 2 heterocycles. The minimum absolute atomic E-state index is 0.0543. The molecule has 2 saturated heterocycles. The van der Waals surface area contributed by atoms with Crippen LogP contribution in [0, 0.1) is 5.92 Å². The second kappa shape index (κ2) is 56.7. The van der Waals surface area contributed by atoms with Crippen molar-refractivity contribution in [2.45, 2.75) is 385 Å². The number of carbonyl (C=O) groups excluding carboxylic acids is 5. The van der Waals surface area contributed by atoms with Crippen molar-refractivity contribution < 1.29 is 105 Å². The zero-order valence-corrected chi connectivity index (χ0v) is 63.6. The van der Waals surface area contributed by atoms with E-state index in [1.165, 1.54) is 32.8 Å². The Hall–Kier alpha value is -2.61. The zero-order chi connectivity index (χ0) is 73.1. The number of nitrogens with one attached hydrogen (secondary N) is 2. The first-order chi connectivity index (χ1) is 47.5. The lowest BCUT2D eigenvalue weighted by Crippen LogP contribution is -2.67. The normalized spacial score (nSPS) is 22.3. The molecule has 8 N–H and O–H groups in total. The molecule has 0 aromatic carbocycles. The number of phosphoric acid groups is 2. The molecule has 2 fully saturated rings. The van der Waals surface area contributed by atoms with Gasteiger partial charge in [0.2, 0.25) is 11.8 Å². The first kappa shape index (κ1) is 92.5. The van der Waals surface area contributed by atoms with Gasteiger partial charge in [-0.3, -0.25) is 33.0 Å². The summed E-state index contributed by atoms with van der Waals surface area (Å²) in [6.45, 7) is 11.2. The largest absolute Gasteiger partial charge is 0.472 e. The van der Waals surface area contributed by atoms with Crippen molar-refractivity contribution in [3.8, 4) is 0 Å². The fraction of sp³-hybridized carbons (Fsp3) is 0.904. The number of esters is 1. The van der Waals surface area contributed by atoms with Gasteiger partial charge >= 0.3 is 21.6 Å². The zero-order valence-electron chi connectivity index (χ0n) is 61.8. The average Bonchev–Trinajstić information content (AvgIpc) is 0.786. The predicted molar refractivity (Wildman–Crippen MR) is 381 cm³/mol. The SMILES string of the molecule is CCCCCCCCCCCC(=O)CC(=O)N[C@H]1[C@@H](OP(=O)(O)O)OC(CO[C@@H]2O[C@H](COC)[C@@H](OP(=O)(O)O)C(OCCC(CCCCCCC)OC(=O)CCCC=CC(C)CCCC)[C@H]2NC(=O)CC(=O)CCCCCCCCCCC)[C@@H](O)[C@@H]1OCC[C@H](O)CCCCCCC. The quantitative estimate of drug-likeness (QED) is 0.00922. The van der Waals surface area contributed by atoms with Crippen LogP contribution in [-0.2, 0) is 75.3 Å². The van der Waals surface area contributed by atoms with Crippen molar-refractivity contribution in [3.05, 3.63) is 12.2 Å². The van der Waals surface area contributed by atoms with Crippen LogP contribution in [-0.4, -0.2) is 166 Å². The number of hydrogen-bond donors (Lipinski definition) is 8. The fourth-order valence-corrected chi connectivity index (χ4v) is 13.7. The van der Waals surface area contributed by atoms with Gasteiger partial charge in [0.05, 0.1) is 38.8 Å². The van der Waals surface area contributed by atoms with Gasteiger partial charge in [-0.2, -0.15) is 0 Å². The summed E-state index contributed by atoms with van der Waals surface area (Å²) in [4.78, 5) is 110. The molecule has 2 aliphatic heterocycles. The molecule has 0 aromatic rings. The lowest BCUT2D eigenvalue weighted by molar-refractivity contribution is -0.301. The number of amides is 2. The number of hydrogen-bond acceptors (Lipinski definition) is 18. The first-order valence-corrected chi connectivity index (χ1v) is 41.5. The van der Waals surface area contributed by atoms with Crippen LogP contribution < -0.4 is 10.6 Å². The third-order valence-electron chi connectivity index (χ3n) is 18.4. The molecule has 0 radical (unpaired) electrons. The first-order valence-electron chi connectivity index (χ1n) is 38.5. The molecule has 580 valence electrons. The van der Waals surface area contributed by atoms with Crippen LogP contribution in [0.4, 0.5) is 0 Å². The van der Waals surface area contributed by atoms with Crippen molar-refractivity contribution in [1.29, 1.82) is 0 Å². The highest BCUT2D eigenvalue weighted by molar-refractivity contribution is 7.46. The van der Waals surface area contributed by atoms with Gasteiger partial charge in [-0.15, -0.1) is 0 Å². The molecule has 24 nitrogen and oxygen atoms in total. The van der Waals surface area contributed by atoms with Crippen LogP contribution in [0.25, 0.3) is 0 Å². The van der Waals surface area contributed by atoms with E-state index in [2.05, 4.69) is 64.3 Å². The number of allylic oxidation sites excluding steroid dienone is 2. The molecule has 0 aliphatic carbocycles. The third-order valence-corrected chi connectivity index (χ3v) is 19.4. The maximum atomic E-state index is 14.3. The van der Waals surface area contributed by atoms with E-state index in [1.54, 1.807) is 0 Å². The molecule has 26 heteroatoms. The van der Waals surface area contributed by atoms with Crippen LogP contribution in [0.5, 0.6) is 0 Å². The topological polar surface area (TPSA) is 348 Å². The van der Waals surface area contributed by atoms with Crippen LogP contribution in [0.3, 0.4) is 0 Å². The molecule has 0 aromatic heterocycles. The number of carbonyl (C=O) groups is 5. The Balaban J connectivity index is 2.64. The van der Waals surface area contributed by atoms with Crippen molar-refractivity contribution in [2.24, 2.45) is 5.92 Å². The summed E-state index contributed by atoms with van der Waals surface area (Å²) in [5.41, 5.74) is 0. The fourth-order valence-electron chi connectivity index (χ4n) is 12.7. The molecule has 2 amide bonds. The number of unbranched alkanes of at least 4 members (excludes halogenated alkanes) is 26. The van der Waals surface area contributed by atoms with Crippen molar-refractivity contribution in [1.82, 2.24) is 10.6 Å². The summed E-state index contributed by atoms with van der Waals surface area (Å²) in [5.74, 6) is -2.43. The number of Topliss-reactive ketones (excluding diaryl/α,β-unsaturated/α-hetero) is 2. The summed E-state index contributed by atoms with van der Waals surface area (Å²) < 4.78 is 79.7. The van der Waals surface area contributed by atoms with Crippen molar-refractivity contribution in [2.75, 3.05) is 33.5 Å². The maximum absolute atomic E-state index is 14.3. The molecule has 4 unspecified atom stereocenters. The number of aliphatic hydroxyl groups is 2. The van der Waals surface area contributed by atoms with E-state index in [0.717, 1.165) is 161 Å². The highest BCUT2D eigenvalue weighted by Crippen LogP contribution is 2.44. The number of ether oxygens (including phenoxy) is 7. The van der Waals surface area contributed by atoms with Gasteiger partial charge in [0, 0.05) is 39.4 Å². The van der Waals surface area contributed by atoms with Gasteiger partial charge in [-0.25, -0.2) is 9.13 Å². The van der Waals surface area contributed by atoms with Gasteiger partial charge < -0.3 is 73.6 Å². The molecule has 2 aliphatic rings. The number of rotatable bonds is 64. The predicted octanol–water partition coefficient (Wildman–Crippen LogP) is 13.9. The van der Waals surface area contributed by atoms with E-state index in [4.69, 9.17) is 42.2 Å². The van der Waals surface area contributed by atoms with E-state index >= 15 is 0 Å². The minimum atomic E-state index is -5.51. The van der Waals surface area contributed by atoms with Gasteiger partial charge in [-0.05, 0) is 63.7 Å². The summed E-state index contributed by atoms with van der Waals surface area (Å²) in [7, 11) is -9.65. The molecule has 0 bridgehead atoms. The Bertz CT molecular complexity index is 2240. The van der Waals surface area contributed by atoms with Gasteiger partial charge in [0.1, 0.15) is 66.4 Å². The molecule has 2 rings (SSSR count). The lowest BCUT2D eigenvalue weighted by atomic mass is 9.95. The molecular weight excluding hydrogens is 1320 g/mol.